The fourth-order valence-electron chi connectivity index (χ4n) is 2.44. The van der Waals surface area contributed by atoms with E-state index in [2.05, 4.69) is 0 Å². The summed E-state index contributed by atoms with van der Waals surface area (Å²) in [5, 5.41) is 0. The minimum atomic E-state index is -4.50. The van der Waals surface area contributed by atoms with E-state index >= 15 is 0 Å². The maximum Gasteiger partial charge on any atom is 0.416 e. The van der Waals surface area contributed by atoms with E-state index in [9.17, 15) is 18.0 Å². The van der Waals surface area contributed by atoms with Crippen LogP contribution in [0.2, 0.25) is 0 Å². The van der Waals surface area contributed by atoms with Crippen LogP contribution in [0.25, 0.3) is 6.08 Å². The lowest BCUT2D eigenvalue weighted by Gasteiger charge is -2.14. The molecule has 0 aliphatic carbocycles. The molecule has 0 aromatic heterocycles. The Kier molecular flexibility index (Phi) is 5.06. The second-order valence-corrected chi connectivity index (χ2v) is 6.98. The summed E-state index contributed by atoms with van der Waals surface area (Å²) < 4.78 is 44.8. The van der Waals surface area contributed by atoms with Crippen molar-refractivity contribution < 1.29 is 22.7 Å². The molecule has 3 rings (SSSR count). The van der Waals surface area contributed by atoms with Gasteiger partial charge in [0, 0.05) is 0 Å². The summed E-state index contributed by atoms with van der Waals surface area (Å²) in [7, 11) is 1.52. The lowest BCUT2D eigenvalue weighted by atomic mass is 10.1. The van der Waals surface area contributed by atoms with Crippen LogP contribution in [0.3, 0.4) is 0 Å². The molecule has 0 atom stereocenters. The number of carbonyl (C=O) groups is 1. The van der Waals surface area contributed by atoms with Crippen molar-refractivity contribution in [3.63, 3.8) is 0 Å². The van der Waals surface area contributed by atoms with Crippen LogP contribution in [0.5, 0.6) is 5.75 Å². The first-order valence-electron chi connectivity index (χ1n) is 7.39. The third-order valence-corrected chi connectivity index (χ3v) is 4.98. The maximum atomic E-state index is 13.1. The van der Waals surface area contributed by atoms with Gasteiger partial charge in [0.15, 0.2) is 4.32 Å². The average Bonchev–Trinajstić information content (AvgIpc) is 2.88. The van der Waals surface area contributed by atoms with Crippen LogP contribution in [0.15, 0.2) is 53.4 Å². The Morgan fingerprint density at radius 1 is 1.12 bits per heavy atom. The molecule has 134 valence electrons. The van der Waals surface area contributed by atoms with E-state index in [0.29, 0.717) is 11.4 Å². The first kappa shape index (κ1) is 18.5. The quantitative estimate of drug-likeness (QED) is 0.533. The Balaban J connectivity index is 1.95. The highest BCUT2D eigenvalue weighted by molar-refractivity contribution is 8.27. The lowest BCUT2D eigenvalue weighted by molar-refractivity contribution is -0.137. The molecule has 0 unspecified atom stereocenters. The summed E-state index contributed by atoms with van der Waals surface area (Å²) in [6.45, 7) is 0. The van der Waals surface area contributed by atoms with Crippen molar-refractivity contribution in [2.24, 2.45) is 0 Å². The van der Waals surface area contributed by atoms with Gasteiger partial charge in [-0.1, -0.05) is 42.2 Å². The smallest absolute Gasteiger partial charge is 0.416 e. The van der Waals surface area contributed by atoms with E-state index < -0.39 is 17.6 Å². The molecule has 1 fully saturated rings. The third-order valence-electron chi connectivity index (χ3n) is 3.68. The van der Waals surface area contributed by atoms with Gasteiger partial charge in [0.2, 0.25) is 0 Å². The van der Waals surface area contributed by atoms with Gasteiger partial charge in [0.05, 0.1) is 23.3 Å². The van der Waals surface area contributed by atoms with Crippen molar-refractivity contribution in [2.45, 2.75) is 6.18 Å². The van der Waals surface area contributed by atoms with E-state index in [1.807, 2.05) is 0 Å². The van der Waals surface area contributed by atoms with Gasteiger partial charge in [-0.2, -0.15) is 13.2 Å². The Labute approximate surface area is 157 Å². The Morgan fingerprint density at radius 2 is 1.77 bits per heavy atom. The number of rotatable bonds is 3. The van der Waals surface area contributed by atoms with E-state index in [4.69, 9.17) is 17.0 Å². The molecule has 0 N–H and O–H groups in total. The molecule has 1 amide bonds. The van der Waals surface area contributed by atoms with Crippen LogP contribution >= 0.6 is 24.0 Å². The van der Waals surface area contributed by atoms with Crippen molar-refractivity contribution >= 4 is 46.0 Å². The van der Waals surface area contributed by atoms with Crippen LogP contribution in [-0.4, -0.2) is 17.3 Å². The van der Waals surface area contributed by atoms with E-state index in [1.54, 1.807) is 24.3 Å². The Hall–Kier alpha value is -2.32. The Bertz CT molecular complexity index is 892. The first-order valence-corrected chi connectivity index (χ1v) is 8.62. The average molecular weight is 395 g/mol. The molecular formula is C18H12F3NO2S2. The number of hydrogen-bond donors (Lipinski definition) is 0. The summed E-state index contributed by atoms with van der Waals surface area (Å²) in [4.78, 5) is 14.1. The monoisotopic (exact) mass is 395 g/mol. The molecule has 2 aromatic carbocycles. The first-order chi connectivity index (χ1) is 12.3. The van der Waals surface area contributed by atoms with E-state index in [1.165, 1.54) is 36.3 Å². The van der Waals surface area contributed by atoms with Crippen molar-refractivity contribution in [2.75, 3.05) is 12.0 Å². The van der Waals surface area contributed by atoms with E-state index in [-0.39, 0.29) is 14.8 Å². The third kappa shape index (κ3) is 3.61. The molecular weight excluding hydrogens is 383 g/mol. The van der Waals surface area contributed by atoms with Gasteiger partial charge in [-0.25, -0.2) is 0 Å². The molecule has 26 heavy (non-hydrogen) atoms. The zero-order chi connectivity index (χ0) is 18.9. The van der Waals surface area contributed by atoms with Crippen molar-refractivity contribution in [3.8, 4) is 5.75 Å². The predicted molar refractivity (Wildman–Crippen MR) is 100 cm³/mol. The molecule has 2 aromatic rings. The predicted octanol–water partition coefficient (Wildman–Crippen LogP) is 5.12. The number of ether oxygens (including phenoxy) is 1. The van der Waals surface area contributed by atoms with Gasteiger partial charge in [0.25, 0.3) is 5.91 Å². The largest absolute Gasteiger partial charge is 0.497 e. The highest BCUT2D eigenvalue weighted by atomic mass is 32.2. The normalized spacial score (nSPS) is 16.5. The minimum Gasteiger partial charge on any atom is -0.497 e. The molecule has 0 spiro atoms. The van der Waals surface area contributed by atoms with Crippen LogP contribution < -0.4 is 9.64 Å². The molecule has 1 aliphatic rings. The Morgan fingerprint density at radius 3 is 2.38 bits per heavy atom. The van der Waals surface area contributed by atoms with Gasteiger partial charge >= 0.3 is 6.18 Å². The van der Waals surface area contributed by atoms with Gasteiger partial charge < -0.3 is 4.74 Å². The number of halogens is 3. The van der Waals surface area contributed by atoms with Gasteiger partial charge in [0.1, 0.15) is 5.75 Å². The number of nitrogens with zero attached hydrogens (tertiary/aromatic N) is 1. The highest BCUT2D eigenvalue weighted by Gasteiger charge is 2.36. The molecule has 1 saturated heterocycles. The summed E-state index contributed by atoms with van der Waals surface area (Å²) in [6.07, 6.45) is -3.28. The highest BCUT2D eigenvalue weighted by Crippen LogP contribution is 2.38. The van der Waals surface area contributed by atoms with Gasteiger partial charge in [-0.3, -0.25) is 9.69 Å². The number of hydrogen-bond acceptors (Lipinski definition) is 4. The maximum absolute atomic E-state index is 13.1. The van der Waals surface area contributed by atoms with Crippen molar-refractivity contribution in [1.82, 2.24) is 0 Å². The summed E-state index contributed by atoms with van der Waals surface area (Å²) >= 11 is 6.21. The number of amides is 1. The second kappa shape index (κ2) is 7.13. The summed E-state index contributed by atoms with van der Waals surface area (Å²) in [5.41, 5.74) is -0.342. The molecule has 0 radical (unpaired) electrons. The van der Waals surface area contributed by atoms with Crippen LogP contribution in [0.4, 0.5) is 18.9 Å². The number of carbonyl (C=O) groups excluding carboxylic acids is 1. The standard InChI is InChI=1S/C18H12F3NO2S2/c1-24-13-8-6-12(7-9-13)22-16(23)15(26-17(22)25)10-11-4-2-3-5-14(11)18(19,20)21/h2-10H,1H3/b15-10+. The number of methoxy groups -OCH3 is 1. The number of benzene rings is 2. The number of anilines is 1. The molecule has 1 heterocycles. The van der Waals surface area contributed by atoms with E-state index in [0.717, 1.165) is 17.8 Å². The molecule has 1 aliphatic heterocycles. The summed E-state index contributed by atoms with van der Waals surface area (Å²) in [5.74, 6) is 0.163. The summed E-state index contributed by atoms with van der Waals surface area (Å²) in [6, 6.07) is 11.8. The second-order valence-electron chi connectivity index (χ2n) is 5.30. The SMILES string of the molecule is COc1ccc(N2C(=O)/C(=C\c3ccccc3C(F)(F)F)SC2=S)cc1. The minimum absolute atomic E-state index is 0.0739. The number of thiocarbonyl (C=S) groups is 1. The zero-order valence-electron chi connectivity index (χ0n) is 13.4. The topological polar surface area (TPSA) is 29.5 Å². The molecule has 3 nitrogen and oxygen atoms in total. The molecule has 8 heteroatoms. The van der Waals surface area contributed by atoms with Gasteiger partial charge in [-0.15, -0.1) is 0 Å². The van der Waals surface area contributed by atoms with Crippen LogP contribution in [-0.2, 0) is 11.0 Å². The molecule has 0 bridgehead atoms. The van der Waals surface area contributed by atoms with Crippen LogP contribution in [0.1, 0.15) is 11.1 Å². The van der Waals surface area contributed by atoms with Crippen molar-refractivity contribution in [3.05, 3.63) is 64.6 Å². The molecule has 0 saturated carbocycles. The number of thioether (sulfide) groups is 1. The number of alkyl halides is 3. The van der Waals surface area contributed by atoms with Crippen molar-refractivity contribution in [1.29, 1.82) is 0 Å². The lowest BCUT2D eigenvalue weighted by Crippen LogP contribution is -2.27. The zero-order valence-corrected chi connectivity index (χ0v) is 15.0. The van der Waals surface area contributed by atoms with Crippen LogP contribution in [0, 0.1) is 0 Å². The fraction of sp³-hybridized carbons (Fsp3) is 0.111. The fourth-order valence-corrected chi connectivity index (χ4v) is 3.73. The van der Waals surface area contributed by atoms with Gasteiger partial charge in [-0.05, 0) is 42.0 Å².